The molecular formula is C21H23N3O2. The fraction of sp³-hybridized carbons (Fsp3) is 0.286. The Labute approximate surface area is 153 Å². The molecule has 0 amide bonds. The lowest BCUT2D eigenvalue weighted by atomic mass is 9.98. The van der Waals surface area contributed by atoms with Crippen LogP contribution in [-0.4, -0.2) is 24.0 Å². The van der Waals surface area contributed by atoms with E-state index in [-0.39, 0.29) is 6.17 Å². The van der Waals surface area contributed by atoms with Crippen molar-refractivity contribution in [2.24, 2.45) is 0 Å². The van der Waals surface area contributed by atoms with Crippen molar-refractivity contribution < 1.29 is 9.47 Å². The number of anilines is 1. The van der Waals surface area contributed by atoms with Gasteiger partial charge in [-0.25, -0.2) is 4.68 Å². The monoisotopic (exact) mass is 349 g/mol. The Hall–Kier alpha value is -2.95. The lowest BCUT2D eigenvalue weighted by Crippen LogP contribution is -2.26. The number of rotatable bonds is 3. The summed E-state index contributed by atoms with van der Waals surface area (Å²) in [5, 5.41) is 8.42. The van der Waals surface area contributed by atoms with E-state index in [4.69, 9.17) is 14.6 Å². The Morgan fingerprint density at radius 1 is 1.00 bits per heavy atom. The lowest BCUT2D eigenvalue weighted by Gasteiger charge is -2.31. The summed E-state index contributed by atoms with van der Waals surface area (Å²) in [6.45, 7) is 6.29. The van der Waals surface area contributed by atoms with Crippen LogP contribution in [0.15, 0.2) is 36.4 Å². The molecule has 0 bridgehead atoms. The molecule has 2 aromatic carbocycles. The summed E-state index contributed by atoms with van der Waals surface area (Å²) in [6.07, 6.45) is -0.145. The first-order valence-corrected chi connectivity index (χ1v) is 8.68. The zero-order chi connectivity index (χ0) is 18.4. The van der Waals surface area contributed by atoms with Crippen LogP contribution in [0.25, 0.3) is 11.3 Å². The largest absolute Gasteiger partial charge is 0.497 e. The number of hydrogen-bond acceptors (Lipinski definition) is 4. The fourth-order valence-electron chi connectivity index (χ4n) is 3.73. The highest BCUT2D eigenvalue weighted by atomic mass is 16.5. The van der Waals surface area contributed by atoms with Gasteiger partial charge in [-0.05, 0) is 50.6 Å². The summed E-state index contributed by atoms with van der Waals surface area (Å²) in [5.74, 6) is 1.54. The maximum Gasteiger partial charge on any atom is 0.150 e. The first-order valence-electron chi connectivity index (χ1n) is 8.68. The predicted molar refractivity (Wildman–Crippen MR) is 103 cm³/mol. The molecule has 0 saturated carbocycles. The summed E-state index contributed by atoms with van der Waals surface area (Å²) in [5.41, 5.74) is 7.93. The molecule has 4 rings (SSSR count). The van der Waals surface area contributed by atoms with Gasteiger partial charge in [-0.15, -0.1) is 0 Å². The molecule has 0 unspecified atom stereocenters. The SMILES string of the molecule is COc1ccc([C@H]2Nc3c(C)cc(C)cc3-c3cc(C)nn32)c(OC)c1. The van der Waals surface area contributed by atoms with Crippen molar-refractivity contribution in [1.82, 2.24) is 9.78 Å². The number of ether oxygens (including phenoxy) is 2. The van der Waals surface area contributed by atoms with Gasteiger partial charge < -0.3 is 14.8 Å². The van der Waals surface area contributed by atoms with Gasteiger partial charge in [-0.1, -0.05) is 11.6 Å². The fourth-order valence-corrected chi connectivity index (χ4v) is 3.73. The van der Waals surface area contributed by atoms with Gasteiger partial charge in [0.2, 0.25) is 0 Å². The Morgan fingerprint density at radius 3 is 2.54 bits per heavy atom. The quantitative estimate of drug-likeness (QED) is 0.758. The molecule has 0 saturated heterocycles. The normalized spacial score (nSPS) is 15.0. The lowest BCUT2D eigenvalue weighted by molar-refractivity contribution is 0.386. The minimum atomic E-state index is -0.145. The van der Waals surface area contributed by atoms with E-state index in [1.165, 1.54) is 16.7 Å². The van der Waals surface area contributed by atoms with Crippen LogP contribution in [0, 0.1) is 20.8 Å². The van der Waals surface area contributed by atoms with Crippen LogP contribution in [0.3, 0.4) is 0 Å². The smallest absolute Gasteiger partial charge is 0.150 e. The van der Waals surface area contributed by atoms with Crippen molar-refractivity contribution in [3.63, 3.8) is 0 Å². The highest BCUT2D eigenvalue weighted by molar-refractivity contribution is 5.82. The maximum absolute atomic E-state index is 5.64. The van der Waals surface area contributed by atoms with E-state index < -0.39 is 0 Å². The minimum Gasteiger partial charge on any atom is -0.497 e. The zero-order valence-electron chi connectivity index (χ0n) is 15.8. The standard InChI is InChI=1S/C21H23N3O2/c1-12-8-13(2)20-17(9-12)18-10-14(3)23-24(18)21(22-20)16-7-6-15(25-4)11-19(16)26-5/h6-11,21-22H,1-5H3/t21-/m0/s1. The van der Waals surface area contributed by atoms with Crippen LogP contribution in [0.1, 0.15) is 28.6 Å². The molecule has 1 aliphatic heterocycles. The first-order chi connectivity index (χ1) is 12.5. The average Bonchev–Trinajstić information content (AvgIpc) is 3.02. The van der Waals surface area contributed by atoms with Crippen LogP contribution < -0.4 is 14.8 Å². The molecule has 0 radical (unpaired) electrons. The molecular weight excluding hydrogens is 326 g/mol. The number of benzene rings is 2. The second-order valence-corrected chi connectivity index (χ2v) is 6.77. The molecule has 0 fully saturated rings. The molecule has 0 spiro atoms. The van der Waals surface area contributed by atoms with E-state index >= 15 is 0 Å². The van der Waals surface area contributed by atoms with Crippen LogP contribution in [0.5, 0.6) is 11.5 Å². The van der Waals surface area contributed by atoms with E-state index in [1.807, 2.05) is 29.8 Å². The van der Waals surface area contributed by atoms with Gasteiger partial charge in [0.1, 0.15) is 11.5 Å². The summed E-state index contributed by atoms with van der Waals surface area (Å²) in [7, 11) is 3.34. The van der Waals surface area contributed by atoms with Crippen LogP contribution in [0.2, 0.25) is 0 Å². The molecule has 0 aliphatic carbocycles. The van der Waals surface area contributed by atoms with Gasteiger partial charge in [0.15, 0.2) is 6.17 Å². The molecule has 5 nitrogen and oxygen atoms in total. The molecule has 134 valence electrons. The number of hydrogen-bond donors (Lipinski definition) is 1. The highest BCUT2D eigenvalue weighted by Gasteiger charge is 2.29. The topological polar surface area (TPSA) is 48.3 Å². The van der Waals surface area contributed by atoms with E-state index in [0.29, 0.717) is 0 Å². The van der Waals surface area contributed by atoms with Gasteiger partial charge in [-0.3, -0.25) is 0 Å². The van der Waals surface area contributed by atoms with Crippen molar-refractivity contribution in [3.05, 3.63) is 58.8 Å². The van der Waals surface area contributed by atoms with E-state index in [1.54, 1.807) is 14.2 Å². The van der Waals surface area contributed by atoms with Crippen LogP contribution >= 0.6 is 0 Å². The molecule has 1 aromatic heterocycles. The van der Waals surface area contributed by atoms with Gasteiger partial charge in [-0.2, -0.15) is 5.10 Å². The van der Waals surface area contributed by atoms with Crippen LogP contribution in [0.4, 0.5) is 5.69 Å². The number of methoxy groups -OCH3 is 2. The Bertz CT molecular complexity index is 991. The van der Waals surface area contributed by atoms with Gasteiger partial charge in [0.05, 0.1) is 25.6 Å². The zero-order valence-corrected chi connectivity index (χ0v) is 15.8. The molecule has 1 N–H and O–H groups in total. The number of aryl methyl sites for hydroxylation is 3. The van der Waals surface area contributed by atoms with E-state index in [2.05, 4.69) is 37.4 Å². The van der Waals surface area contributed by atoms with Crippen molar-refractivity contribution in [2.45, 2.75) is 26.9 Å². The number of nitrogens with one attached hydrogen (secondary N) is 1. The second kappa shape index (κ2) is 6.09. The average molecular weight is 349 g/mol. The van der Waals surface area contributed by atoms with Crippen molar-refractivity contribution in [1.29, 1.82) is 0 Å². The number of nitrogens with zero attached hydrogens (tertiary/aromatic N) is 2. The summed E-state index contributed by atoms with van der Waals surface area (Å²) >= 11 is 0. The summed E-state index contributed by atoms with van der Waals surface area (Å²) in [4.78, 5) is 0. The molecule has 1 aliphatic rings. The Balaban J connectivity index is 1.92. The Morgan fingerprint density at radius 2 is 1.81 bits per heavy atom. The Kier molecular flexibility index (Phi) is 3.87. The third-order valence-corrected chi connectivity index (χ3v) is 4.87. The number of fused-ring (bicyclic) bond motifs is 3. The molecule has 26 heavy (non-hydrogen) atoms. The summed E-state index contributed by atoms with van der Waals surface area (Å²) in [6, 6.07) is 12.4. The van der Waals surface area contributed by atoms with Crippen molar-refractivity contribution in [3.8, 4) is 22.8 Å². The minimum absolute atomic E-state index is 0.145. The highest BCUT2D eigenvalue weighted by Crippen LogP contribution is 2.43. The van der Waals surface area contributed by atoms with Gasteiger partial charge in [0, 0.05) is 22.9 Å². The van der Waals surface area contributed by atoms with Gasteiger partial charge in [0.25, 0.3) is 0 Å². The third-order valence-electron chi connectivity index (χ3n) is 4.87. The number of aromatic nitrogens is 2. The maximum atomic E-state index is 5.64. The predicted octanol–water partition coefficient (Wildman–Crippen LogP) is 4.46. The molecule has 1 atom stereocenters. The van der Waals surface area contributed by atoms with Crippen molar-refractivity contribution in [2.75, 3.05) is 19.5 Å². The second-order valence-electron chi connectivity index (χ2n) is 6.77. The molecule has 5 heteroatoms. The van der Waals surface area contributed by atoms with Gasteiger partial charge >= 0.3 is 0 Å². The molecule has 3 aromatic rings. The molecule has 2 heterocycles. The van der Waals surface area contributed by atoms with E-state index in [9.17, 15) is 0 Å². The van der Waals surface area contributed by atoms with Crippen molar-refractivity contribution >= 4 is 5.69 Å². The summed E-state index contributed by atoms with van der Waals surface area (Å²) < 4.78 is 13.0. The first kappa shape index (κ1) is 16.5. The van der Waals surface area contributed by atoms with E-state index in [0.717, 1.165) is 34.1 Å². The third kappa shape index (κ3) is 2.51. The van der Waals surface area contributed by atoms with Crippen LogP contribution in [-0.2, 0) is 0 Å².